The van der Waals surface area contributed by atoms with E-state index < -0.39 is 5.97 Å². The number of carbonyl (C=O) groups excluding carboxylic acids is 1. The lowest BCUT2D eigenvalue weighted by molar-refractivity contribution is -0.128. The van der Waals surface area contributed by atoms with Crippen molar-refractivity contribution in [1.29, 1.82) is 0 Å². The average molecular weight is 269 g/mol. The quantitative estimate of drug-likeness (QED) is 0.358. The summed E-state index contributed by atoms with van der Waals surface area (Å²) in [6, 6.07) is 5.14. The fourth-order valence-corrected chi connectivity index (χ4v) is 1.30. The highest BCUT2D eigenvalue weighted by Crippen LogP contribution is 2.30. The molecule has 0 saturated heterocycles. The lowest BCUT2D eigenvalue weighted by Gasteiger charge is -2.06. The van der Waals surface area contributed by atoms with E-state index in [1.54, 1.807) is 25.1 Å². The van der Waals surface area contributed by atoms with Crippen molar-refractivity contribution in [3.63, 3.8) is 0 Å². The van der Waals surface area contributed by atoms with E-state index in [0.29, 0.717) is 11.5 Å². The normalized spacial score (nSPS) is 8.73. The number of ether oxygens (including phenoxy) is 2. The van der Waals surface area contributed by atoms with Crippen LogP contribution in [0.15, 0.2) is 22.7 Å². The number of benzene rings is 1. The van der Waals surface area contributed by atoms with Gasteiger partial charge in [0.15, 0.2) is 11.5 Å². The van der Waals surface area contributed by atoms with Crippen LogP contribution in [0.4, 0.5) is 0 Å². The Morgan fingerprint density at radius 1 is 1.40 bits per heavy atom. The van der Waals surface area contributed by atoms with Gasteiger partial charge in [-0.25, -0.2) is 4.79 Å². The maximum absolute atomic E-state index is 11.1. The molecule has 0 bridgehead atoms. The number of halogens is 1. The van der Waals surface area contributed by atoms with Crippen molar-refractivity contribution < 1.29 is 14.3 Å². The molecule has 0 aliphatic rings. The summed E-state index contributed by atoms with van der Waals surface area (Å²) in [4.78, 5) is 11.1. The van der Waals surface area contributed by atoms with Gasteiger partial charge in [0.2, 0.25) is 0 Å². The second-order valence-corrected chi connectivity index (χ2v) is 3.48. The zero-order valence-electron chi connectivity index (χ0n) is 8.33. The van der Waals surface area contributed by atoms with Gasteiger partial charge in [0.1, 0.15) is 0 Å². The van der Waals surface area contributed by atoms with Crippen LogP contribution >= 0.6 is 15.9 Å². The van der Waals surface area contributed by atoms with Crippen LogP contribution in [0.2, 0.25) is 0 Å². The van der Waals surface area contributed by atoms with Gasteiger partial charge in [0.25, 0.3) is 0 Å². The first-order valence-electron chi connectivity index (χ1n) is 4.15. The first kappa shape index (κ1) is 11.6. The molecule has 1 rings (SSSR count). The van der Waals surface area contributed by atoms with Crippen LogP contribution in [-0.2, 0) is 4.79 Å². The molecule has 0 spiro atoms. The fraction of sp³-hybridized carbons (Fsp3) is 0.182. The van der Waals surface area contributed by atoms with E-state index in [-0.39, 0.29) is 0 Å². The lowest BCUT2D eigenvalue weighted by atomic mass is 10.3. The van der Waals surface area contributed by atoms with Gasteiger partial charge in [-0.15, -0.1) is 0 Å². The molecule has 0 aromatic heterocycles. The van der Waals surface area contributed by atoms with E-state index in [2.05, 4.69) is 27.8 Å². The van der Waals surface area contributed by atoms with Crippen LogP contribution in [0.5, 0.6) is 11.5 Å². The van der Waals surface area contributed by atoms with Crippen molar-refractivity contribution in [3.05, 3.63) is 22.7 Å². The second kappa shape index (κ2) is 5.42. The van der Waals surface area contributed by atoms with Crippen LogP contribution in [-0.4, -0.2) is 13.1 Å². The van der Waals surface area contributed by atoms with E-state index in [4.69, 9.17) is 9.47 Å². The predicted octanol–water partition coefficient (Wildman–Crippen LogP) is 2.39. The molecule has 0 unspecified atom stereocenters. The number of hydrogen-bond donors (Lipinski definition) is 0. The van der Waals surface area contributed by atoms with Crippen molar-refractivity contribution in [3.8, 4) is 23.3 Å². The van der Waals surface area contributed by atoms with Crippen LogP contribution in [0.1, 0.15) is 6.92 Å². The summed E-state index contributed by atoms with van der Waals surface area (Å²) in [5.74, 6) is 4.98. The average Bonchev–Trinajstić information content (AvgIpc) is 2.18. The molecule has 1 aromatic rings. The Hall–Kier alpha value is -1.47. The predicted molar refractivity (Wildman–Crippen MR) is 59.8 cm³/mol. The number of rotatable bonds is 2. The summed E-state index contributed by atoms with van der Waals surface area (Å²) in [6.45, 7) is 1.57. The molecular weight excluding hydrogens is 260 g/mol. The van der Waals surface area contributed by atoms with Crippen molar-refractivity contribution in [2.75, 3.05) is 7.11 Å². The molecule has 1 aromatic carbocycles. The van der Waals surface area contributed by atoms with Crippen LogP contribution < -0.4 is 9.47 Å². The highest BCUT2D eigenvalue weighted by atomic mass is 79.9. The van der Waals surface area contributed by atoms with Gasteiger partial charge in [-0.05, 0) is 25.1 Å². The molecule has 0 fully saturated rings. The lowest BCUT2D eigenvalue weighted by Crippen LogP contribution is -2.05. The molecule has 78 valence electrons. The van der Waals surface area contributed by atoms with Gasteiger partial charge in [0, 0.05) is 10.4 Å². The summed E-state index contributed by atoms with van der Waals surface area (Å²) in [6.07, 6.45) is 0. The zero-order chi connectivity index (χ0) is 11.3. The molecule has 0 radical (unpaired) electrons. The molecule has 3 nitrogen and oxygen atoms in total. The van der Waals surface area contributed by atoms with Crippen molar-refractivity contribution >= 4 is 21.9 Å². The Balaban J connectivity index is 2.95. The molecule has 0 N–H and O–H groups in total. The highest BCUT2D eigenvalue weighted by Gasteiger charge is 2.08. The van der Waals surface area contributed by atoms with Gasteiger partial charge in [0.05, 0.1) is 7.11 Å². The maximum Gasteiger partial charge on any atom is 0.389 e. The largest absolute Gasteiger partial charge is 0.493 e. The SMILES string of the molecule is CC#CC(=O)Oc1cc(Br)ccc1OC. The summed E-state index contributed by atoms with van der Waals surface area (Å²) in [5, 5.41) is 0. The standard InChI is InChI=1S/C11H9BrO3/c1-3-4-11(13)15-10-7-8(12)5-6-9(10)14-2/h5-7H,1-2H3. The fourth-order valence-electron chi connectivity index (χ4n) is 0.958. The maximum atomic E-state index is 11.1. The Kier molecular flexibility index (Phi) is 4.19. The zero-order valence-corrected chi connectivity index (χ0v) is 9.92. The topological polar surface area (TPSA) is 35.5 Å². The minimum atomic E-state index is -0.603. The Morgan fingerprint density at radius 2 is 2.13 bits per heavy atom. The van der Waals surface area contributed by atoms with Gasteiger partial charge in [-0.2, -0.15) is 0 Å². The molecule has 0 amide bonds. The van der Waals surface area contributed by atoms with Gasteiger partial charge >= 0.3 is 5.97 Å². The molecule has 15 heavy (non-hydrogen) atoms. The molecule has 0 saturated carbocycles. The van der Waals surface area contributed by atoms with E-state index in [0.717, 1.165) is 4.47 Å². The Labute approximate surface area is 96.5 Å². The van der Waals surface area contributed by atoms with Crippen LogP contribution in [0.3, 0.4) is 0 Å². The van der Waals surface area contributed by atoms with E-state index in [1.165, 1.54) is 7.11 Å². The number of esters is 1. The minimum Gasteiger partial charge on any atom is -0.493 e. The third-order valence-corrected chi connectivity index (χ3v) is 2.05. The number of methoxy groups -OCH3 is 1. The van der Waals surface area contributed by atoms with Crippen molar-refractivity contribution in [1.82, 2.24) is 0 Å². The number of hydrogen-bond acceptors (Lipinski definition) is 3. The first-order valence-corrected chi connectivity index (χ1v) is 4.94. The molecule has 4 heteroatoms. The molecule has 0 aliphatic heterocycles. The van der Waals surface area contributed by atoms with Crippen LogP contribution in [0.25, 0.3) is 0 Å². The summed E-state index contributed by atoms with van der Waals surface area (Å²) < 4.78 is 10.8. The van der Waals surface area contributed by atoms with Gasteiger partial charge < -0.3 is 9.47 Å². The van der Waals surface area contributed by atoms with E-state index in [1.807, 2.05) is 0 Å². The van der Waals surface area contributed by atoms with E-state index in [9.17, 15) is 4.79 Å². The van der Waals surface area contributed by atoms with Crippen LogP contribution in [0, 0.1) is 11.8 Å². The Bertz CT molecular complexity index is 429. The summed E-state index contributed by atoms with van der Waals surface area (Å²) >= 11 is 3.27. The molecule has 0 heterocycles. The molecular formula is C11H9BrO3. The molecule has 0 atom stereocenters. The van der Waals surface area contributed by atoms with Crippen molar-refractivity contribution in [2.24, 2.45) is 0 Å². The highest BCUT2D eigenvalue weighted by molar-refractivity contribution is 9.10. The second-order valence-electron chi connectivity index (χ2n) is 2.56. The Morgan fingerprint density at radius 3 is 2.73 bits per heavy atom. The molecule has 0 aliphatic carbocycles. The van der Waals surface area contributed by atoms with Gasteiger partial charge in [-0.3, -0.25) is 0 Å². The summed E-state index contributed by atoms with van der Waals surface area (Å²) in [5.41, 5.74) is 0. The number of carbonyl (C=O) groups is 1. The third-order valence-electron chi connectivity index (χ3n) is 1.56. The smallest absolute Gasteiger partial charge is 0.389 e. The van der Waals surface area contributed by atoms with E-state index >= 15 is 0 Å². The van der Waals surface area contributed by atoms with Gasteiger partial charge in [-0.1, -0.05) is 21.9 Å². The first-order chi connectivity index (χ1) is 7.17. The summed E-state index contributed by atoms with van der Waals surface area (Å²) in [7, 11) is 1.51. The third kappa shape index (κ3) is 3.30. The monoisotopic (exact) mass is 268 g/mol. The van der Waals surface area contributed by atoms with Crippen molar-refractivity contribution in [2.45, 2.75) is 6.92 Å². The minimum absolute atomic E-state index is 0.347.